The van der Waals surface area contributed by atoms with Crippen molar-refractivity contribution in [1.29, 1.82) is 0 Å². The van der Waals surface area contributed by atoms with E-state index in [9.17, 15) is 9.59 Å². The van der Waals surface area contributed by atoms with E-state index >= 15 is 0 Å². The summed E-state index contributed by atoms with van der Waals surface area (Å²) in [4.78, 5) is 23.2. The highest BCUT2D eigenvalue weighted by Crippen LogP contribution is 2.22. The van der Waals surface area contributed by atoms with Gasteiger partial charge in [0.2, 0.25) is 0 Å². The molecule has 2 N–H and O–H groups in total. The molecule has 0 fully saturated rings. The number of rotatable bonds is 6. The first-order valence-electron chi connectivity index (χ1n) is 7.12. The number of aromatic nitrogens is 1. The van der Waals surface area contributed by atoms with Gasteiger partial charge in [0.1, 0.15) is 12.6 Å². The van der Waals surface area contributed by atoms with Gasteiger partial charge in [-0.15, -0.1) is 0 Å². The summed E-state index contributed by atoms with van der Waals surface area (Å²) in [7, 11) is 1.35. The highest BCUT2D eigenvalue weighted by atomic mass is 16.5. The van der Waals surface area contributed by atoms with E-state index in [1.165, 1.54) is 7.11 Å². The highest BCUT2D eigenvalue weighted by Gasteiger charge is 2.19. The van der Waals surface area contributed by atoms with Crippen molar-refractivity contribution >= 4 is 22.8 Å². The molecule has 0 aliphatic rings. The van der Waals surface area contributed by atoms with Crippen molar-refractivity contribution in [3.63, 3.8) is 0 Å². The molecule has 0 aliphatic heterocycles. The molecule has 1 aromatic carbocycles. The average molecular weight is 304 g/mol. The molecule has 1 unspecified atom stereocenters. The second-order valence-electron chi connectivity index (χ2n) is 4.94. The lowest BCUT2D eigenvalue weighted by molar-refractivity contribution is -0.144. The number of hydrogen-bond acceptors (Lipinski definition) is 5. The standard InChI is InChI=1S/C16H20N2O4/c1-3-22-16(20)13(17)8-11-9-18(10-15(19)21-2)14-7-5-4-6-12(11)14/h4-7,9,13H,3,8,10,17H2,1-2H3. The van der Waals surface area contributed by atoms with Gasteiger partial charge in [0.05, 0.1) is 13.7 Å². The summed E-state index contributed by atoms with van der Waals surface area (Å²) in [5.41, 5.74) is 7.69. The molecule has 22 heavy (non-hydrogen) atoms. The molecule has 2 aromatic rings. The maximum atomic E-state index is 11.7. The zero-order chi connectivity index (χ0) is 16.1. The smallest absolute Gasteiger partial charge is 0.325 e. The second-order valence-corrected chi connectivity index (χ2v) is 4.94. The number of fused-ring (bicyclic) bond motifs is 1. The van der Waals surface area contributed by atoms with Crippen molar-refractivity contribution in [1.82, 2.24) is 4.57 Å². The summed E-state index contributed by atoms with van der Waals surface area (Å²) in [5, 5.41) is 0.964. The first kappa shape index (κ1) is 16.0. The summed E-state index contributed by atoms with van der Waals surface area (Å²) < 4.78 is 11.4. The van der Waals surface area contributed by atoms with Crippen LogP contribution in [0.1, 0.15) is 12.5 Å². The van der Waals surface area contributed by atoms with Gasteiger partial charge >= 0.3 is 11.9 Å². The Bertz CT molecular complexity index is 678. The van der Waals surface area contributed by atoms with Gasteiger partial charge in [-0.05, 0) is 18.6 Å². The van der Waals surface area contributed by atoms with Crippen molar-refractivity contribution in [2.45, 2.75) is 25.9 Å². The van der Waals surface area contributed by atoms with Crippen molar-refractivity contribution in [2.75, 3.05) is 13.7 Å². The van der Waals surface area contributed by atoms with Crippen LogP contribution in [0.2, 0.25) is 0 Å². The minimum atomic E-state index is -0.725. The molecule has 0 spiro atoms. The number of esters is 2. The summed E-state index contributed by atoms with van der Waals surface area (Å²) in [6.45, 7) is 2.16. The summed E-state index contributed by atoms with van der Waals surface area (Å²) in [6.07, 6.45) is 2.19. The molecule has 0 bridgehead atoms. The Morgan fingerprint density at radius 3 is 2.73 bits per heavy atom. The van der Waals surface area contributed by atoms with Crippen LogP contribution in [0, 0.1) is 0 Å². The normalized spacial score (nSPS) is 12.1. The Kier molecular flexibility index (Phi) is 5.16. The van der Waals surface area contributed by atoms with Crippen LogP contribution in [0.3, 0.4) is 0 Å². The number of carbonyl (C=O) groups excluding carboxylic acids is 2. The highest BCUT2D eigenvalue weighted by molar-refractivity contribution is 5.86. The number of ether oxygens (including phenoxy) is 2. The Balaban J connectivity index is 2.30. The van der Waals surface area contributed by atoms with E-state index in [2.05, 4.69) is 0 Å². The Labute approximate surface area is 128 Å². The number of carbonyl (C=O) groups is 2. The molecule has 0 saturated heterocycles. The minimum absolute atomic E-state index is 0.117. The lowest BCUT2D eigenvalue weighted by Crippen LogP contribution is -2.34. The van der Waals surface area contributed by atoms with Gasteiger partial charge in [-0.25, -0.2) is 0 Å². The maximum absolute atomic E-state index is 11.7. The lowest BCUT2D eigenvalue weighted by atomic mass is 10.1. The van der Waals surface area contributed by atoms with E-state index < -0.39 is 12.0 Å². The molecule has 1 atom stereocenters. The molecule has 0 aliphatic carbocycles. The molecule has 118 valence electrons. The average Bonchev–Trinajstić information content (AvgIpc) is 2.85. The fraction of sp³-hybridized carbons (Fsp3) is 0.375. The van der Waals surface area contributed by atoms with E-state index in [0.29, 0.717) is 13.0 Å². The van der Waals surface area contributed by atoms with Gasteiger partial charge in [-0.3, -0.25) is 9.59 Å². The monoisotopic (exact) mass is 304 g/mol. The topological polar surface area (TPSA) is 83.5 Å². The first-order chi connectivity index (χ1) is 10.6. The molecule has 0 amide bonds. The molecular formula is C16H20N2O4. The molecule has 0 radical (unpaired) electrons. The molecular weight excluding hydrogens is 284 g/mol. The van der Waals surface area contributed by atoms with Crippen LogP contribution in [-0.4, -0.2) is 36.3 Å². The number of benzene rings is 1. The zero-order valence-corrected chi connectivity index (χ0v) is 12.7. The SMILES string of the molecule is CCOC(=O)C(N)Cc1cn(CC(=O)OC)c2ccccc12. The van der Waals surface area contributed by atoms with Crippen molar-refractivity contribution in [3.05, 3.63) is 36.0 Å². The van der Waals surface area contributed by atoms with Gasteiger partial charge in [0.25, 0.3) is 0 Å². The van der Waals surface area contributed by atoms with Crippen LogP contribution in [0.5, 0.6) is 0 Å². The van der Waals surface area contributed by atoms with Gasteiger partial charge in [-0.1, -0.05) is 18.2 Å². The van der Waals surface area contributed by atoms with Crippen LogP contribution >= 0.6 is 0 Å². The van der Waals surface area contributed by atoms with Gasteiger partial charge in [0, 0.05) is 23.5 Å². The van der Waals surface area contributed by atoms with Gasteiger partial charge in [-0.2, -0.15) is 0 Å². The number of hydrogen-bond donors (Lipinski definition) is 1. The largest absolute Gasteiger partial charge is 0.468 e. The van der Waals surface area contributed by atoms with E-state index in [-0.39, 0.29) is 12.5 Å². The number of nitrogens with two attached hydrogens (primary N) is 1. The summed E-state index contributed by atoms with van der Waals surface area (Å²) in [6, 6.07) is 6.93. The molecule has 0 saturated carbocycles. The van der Waals surface area contributed by atoms with Gasteiger partial charge < -0.3 is 19.8 Å². The quantitative estimate of drug-likeness (QED) is 0.812. The molecule has 6 nitrogen and oxygen atoms in total. The van der Waals surface area contributed by atoms with E-state index in [0.717, 1.165) is 16.5 Å². The van der Waals surface area contributed by atoms with Crippen LogP contribution in [0.15, 0.2) is 30.5 Å². The van der Waals surface area contributed by atoms with E-state index in [1.54, 1.807) is 11.5 Å². The third-order valence-electron chi connectivity index (χ3n) is 3.43. The lowest BCUT2D eigenvalue weighted by Gasteiger charge is -2.09. The van der Waals surface area contributed by atoms with Crippen molar-refractivity contribution < 1.29 is 19.1 Å². The Hall–Kier alpha value is -2.34. The fourth-order valence-electron chi connectivity index (χ4n) is 2.39. The predicted molar refractivity (Wildman–Crippen MR) is 82.3 cm³/mol. The number of para-hydroxylation sites is 1. The summed E-state index contributed by atoms with van der Waals surface area (Å²) in [5.74, 6) is -0.755. The third kappa shape index (κ3) is 3.46. The molecule has 1 heterocycles. The number of methoxy groups -OCH3 is 1. The minimum Gasteiger partial charge on any atom is -0.468 e. The van der Waals surface area contributed by atoms with Gasteiger partial charge in [0.15, 0.2) is 0 Å². The van der Waals surface area contributed by atoms with Crippen molar-refractivity contribution in [3.8, 4) is 0 Å². The third-order valence-corrected chi connectivity index (χ3v) is 3.43. The maximum Gasteiger partial charge on any atom is 0.325 e. The summed E-state index contributed by atoms with van der Waals surface area (Å²) >= 11 is 0. The van der Waals surface area contributed by atoms with E-state index in [4.69, 9.17) is 15.2 Å². The molecule has 2 rings (SSSR count). The second kappa shape index (κ2) is 7.09. The van der Waals surface area contributed by atoms with Crippen LogP contribution in [0.25, 0.3) is 10.9 Å². The number of nitrogens with zero attached hydrogens (tertiary/aromatic N) is 1. The first-order valence-corrected chi connectivity index (χ1v) is 7.12. The molecule has 1 aromatic heterocycles. The Morgan fingerprint density at radius 1 is 1.32 bits per heavy atom. The van der Waals surface area contributed by atoms with E-state index in [1.807, 2.05) is 30.5 Å². The van der Waals surface area contributed by atoms with Crippen LogP contribution < -0.4 is 5.73 Å². The molecule has 6 heteroatoms. The zero-order valence-electron chi connectivity index (χ0n) is 12.7. The predicted octanol–water partition coefficient (Wildman–Crippen LogP) is 1.25. The van der Waals surface area contributed by atoms with Crippen LogP contribution in [-0.2, 0) is 32.0 Å². The van der Waals surface area contributed by atoms with Crippen molar-refractivity contribution in [2.24, 2.45) is 5.73 Å². The Morgan fingerprint density at radius 2 is 2.05 bits per heavy atom. The fourth-order valence-corrected chi connectivity index (χ4v) is 2.39. The van der Waals surface area contributed by atoms with Crippen LogP contribution in [0.4, 0.5) is 0 Å².